The number of hydrogen-bond donors (Lipinski definition) is 3. The van der Waals surface area contributed by atoms with Gasteiger partial charge in [0.25, 0.3) is 0 Å². The summed E-state index contributed by atoms with van der Waals surface area (Å²) in [4.78, 5) is 11.1. The average molecular weight is 326 g/mol. The maximum atomic E-state index is 12.6. The number of aromatic carboxylic acids is 1. The predicted molar refractivity (Wildman–Crippen MR) is 84.7 cm³/mol. The normalized spacial score (nSPS) is 16.3. The highest BCUT2D eigenvalue weighted by molar-refractivity contribution is 7.89. The van der Waals surface area contributed by atoms with Gasteiger partial charge in [-0.2, -0.15) is 0 Å². The Balaban J connectivity index is 2.35. The summed E-state index contributed by atoms with van der Waals surface area (Å²) in [5, 5.41) is 12.2. The number of hydrogen-bond acceptors (Lipinski definition) is 4. The molecule has 0 aromatic heterocycles. The largest absolute Gasteiger partial charge is 0.478 e. The fraction of sp³-hybridized carbons (Fsp3) is 0.533. The summed E-state index contributed by atoms with van der Waals surface area (Å²) >= 11 is 0. The van der Waals surface area contributed by atoms with Gasteiger partial charge >= 0.3 is 5.97 Å². The van der Waals surface area contributed by atoms with Crippen molar-refractivity contribution in [2.45, 2.75) is 56.5 Å². The summed E-state index contributed by atoms with van der Waals surface area (Å²) in [5.41, 5.74) is 0.425. The highest BCUT2D eigenvalue weighted by Crippen LogP contribution is 2.30. The molecule has 6 nitrogen and oxygen atoms in total. The summed E-state index contributed by atoms with van der Waals surface area (Å²) in [5.74, 6) is -1.14. The Morgan fingerprint density at radius 2 is 2.09 bits per heavy atom. The summed E-state index contributed by atoms with van der Waals surface area (Å²) in [6, 6.07) is 4.24. The number of carbonyl (C=O) groups is 1. The van der Waals surface area contributed by atoms with E-state index in [1.165, 1.54) is 18.2 Å². The van der Waals surface area contributed by atoms with Gasteiger partial charge in [0.2, 0.25) is 10.0 Å². The molecule has 1 aromatic carbocycles. The van der Waals surface area contributed by atoms with Crippen molar-refractivity contribution in [2.24, 2.45) is 0 Å². The van der Waals surface area contributed by atoms with Crippen LogP contribution in [-0.2, 0) is 10.0 Å². The Hall–Kier alpha value is -1.60. The lowest BCUT2D eigenvalue weighted by Gasteiger charge is -2.17. The second kappa shape index (κ2) is 6.66. The van der Waals surface area contributed by atoms with E-state index in [0.717, 1.165) is 25.7 Å². The van der Waals surface area contributed by atoms with E-state index in [1.807, 2.05) is 6.92 Å². The highest BCUT2D eigenvalue weighted by atomic mass is 32.2. The van der Waals surface area contributed by atoms with Crippen LogP contribution in [0.15, 0.2) is 23.1 Å². The van der Waals surface area contributed by atoms with E-state index in [4.69, 9.17) is 5.11 Å². The summed E-state index contributed by atoms with van der Waals surface area (Å²) in [7, 11) is -3.76. The summed E-state index contributed by atoms with van der Waals surface area (Å²) in [6.07, 6.45) is 3.59. The first-order valence-electron chi connectivity index (χ1n) is 7.49. The highest BCUT2D eigenvalue weighted by Gasteiger charge is 2.27. The van der Waals surface area contributed by atoms with Crippen molar-refractivity contribution in [1.29, 1.82) is 0 Å². The third-order valence-electron chi connectivity index (χ3n) is 3.53. The number of nitrogens with one attached hydrogen (secondary N) is 2. The van der Waals surface area contributed by atoms with E-state index in [0.29, 0.717) is 5.69 Å². The monoisotopic (exact) mass is 326 g/mol. The second-order valence-electron chi connectivity index (χ2n) is 5.75. The quantitative estimate of drug-likeness (QED) is 0.682. The van der Waals surface area contributed by atoms with E-state index in [-0.39, 0.29) is 22.5 Å². The first-order valence-corrected chi connectivity index (χ1v) is 8.98. The lowest BCUT2D eigenvalue weighted by molar-refractivity contribution is 0.0696. The molecule has 0 radical (unpaired) electrons. The predicted octanol–water partition coefficient (Wildman–Crippen LogP) is 2.43. The van der Waals surface area contributed by atoms with Gasteiger partial charge in [0.05, 0.1) is 11.3 Å². The molecule has 0 spiro atoms. The van der Waals surface area contributed by atoms with Gasteiger partial charge in [0, 0.05) is 12.1 Å². The van der Waals surface area contributed by atoms with Gasteiger partial charge in [-0.3, -0.25) is 0 Å². The van der Waals surface area contributed by atoms with Gasteiger partial charge in [-0.25, -0.2) is 17.9 Å². The Bertz CT molecular complexity index is 654. The van der Waals surface area contributed by atoms with Gasteiger partial charge in [0.15, 0.2) is 0 Å². The zero-order valence-electron chi connectivity index (χ0n) is 12.8. The standard InChI is InChI=1S/C15H22N2O4S/c1-3-4-10(2)17-22(20,21)14-9-11(15(18)19)5-8-13(14)16-12-6-7-12/h5,8-10,12,16-17H,3-4,6-7H2,1-2H3,(H,18,19)/t10-/m1/s1. The molecular formula is C15H22N2O4S. The fourth-order valence-corrected chi connectivity index (χ4v) is 3.74. The van der Waals surface area contributed by atoms with Crippen LogP contribution < -0.4 is 10.0 Å². The molecule has 1 aromatic rings. The van der Waals surface area contributed by atoms with Crippen LogP contribution in [0.5, 0.6) is 0 Å². The summed E-state index contributed by atoms with van der Waals surface area (Å²) in [6.45, 7) is 3.78. The van der Waals surface area contributed by atoms with Crippen LogP contribution in [0.3, 0.4) is 0 Å². The van der Waals surface area contributed by atoms with Crippen molar-refractivity contribution in [3.05, 3.63) is 23.8 Å². The number of benzene rings is 1. The molecule has 0 amide bonds. The third-order valence-corrected chi connectivity index (χ3v) is 5.16. The van der Waals surface area contributed by atoms with E-state index in [1.54, 1.807) is 6.92 Å². The molecule has 22 heavy (non-hydrogen) atoms. The van der Waals surface area contributed by atoms with Gasteiger partial charge in [-0.05, 0) is 44.4 Å². The Kier molecular flexibility index (Phi) is 5.08. The van der Waals surface area contributed by atoms with Crippen molar-refractivity contribution >= 4 is 21.7 Å². The third kappa shape index (κ3) is 4.20. The first-order chi connectivity index (χ1) is 10.3. The fourth-order valence-electron chi connectivity index (χ4n) is 2.26. The molecule has 0 bridgehead atoms. The van der Waals surface area contributed by atoms with Crippen molar-refractivity contribution in [2.75, 3.05) is 5.32 Å². The first kappa shape index (κ1) is 16.8. The number of sulfonamides is 1. The molecule has 122 valence electrons. The molecule has 0 aliphatic heterocycles. The zero-order valence-corrected chi connectivity index (χ0v) is 13.6. The van der Waals surface area contributed by atoms with Crippen LogP contribution in [-0.4, -0.2) is 31.6 Å². The minimum absolute atomic E-state index is 0.00209. The lowest BCUT2D eigenvalue weighted by Crippen LogP contribution is -2.33. The Morgan fingerprint density at radius 1 is 1.41 bits per heavy atom. The van der Waals surface area contributed by atoms with Crippen molar-refractivity contribution < 1.29 is 18.3 Å². The smallest absolute Gasteiger partial charge is 0.335 e. The molecule has 1 atom stereocenters. The molecule has 0 unspecified atom stereocenters. The van der Waals surface area contributed by atoms with Gasteiger partial charge in [-0.1, -0.05) is 13.3 Å². The SMILES string of the molecule is CCC[C@@H](C)NS(=O)(=O)c1cc(C(=O)O)ccc1NC1CC1. The Morgan fingerprint density at radius 3 is 2.64 bits per heavy atom. The van der Waals surface area contributed by atoms with Crippen LogP contribution >= 0.6 is 0 Å². The molecule has 1 saturated carbocycles. The average Bonchev–Trinajstić information content (AvgIpc) is 3.22. The van der Waals surface area contributed by atoms with E-state index in [9.17, 15) is 13.2 Å². The Labute approximate surface area is 131 Å². The van der Waals surface area contributed by atoms with Crippen molar-refractivity contribution in [3.8, 4) is 0 Å². The molecule has 1 aliphatic rings. The van der Waals surface area contributed by atoms with Crippen LogP contribution in [0.1, 0.15) is 49.9 Å². The molecule has 3 N–H and O–H groups in total. The maximum Gasteiger partial charge on any atom is 0.335 e. The minimum Gasteiger partial charge on any atom is -0.478 e. The van der Waals surface area contributed by atoms with Gasteiger partial charge in [-0.15, -0.1) is 0 Å². The number of anilines is 1. The van der Waals surface area contributed by atoms with E-state index < -0.39 is 16.0 Å². The summed E-state index contributed by atoms with van der Waals surface area (Å²) < 4.78 is 27.8. The molecule has 0 heterocycles. The van der Waals surface area contributed by atoms with E-state index in [2.05, 4.69) is 10.0 Å². The topological polar surface area (TPSA) is 95.5 Å². The number of carboxylic acids is 1. The molecule has 0 saturated heterocycles. The molecule has 2 rings (SSSR count). The van der Waals surface area contributed by atoms with Crippen molar-refractivity contribution in [3.63, 3.8) is 0 Å². The van der Waals surface area contributed by atoms with Crippen LogP contribution in [0, 0.1) is 0 Å². The zero-order chi connectivity index (χ0) is 16.3. The molecule has 7 heteroatoms. The second-order valence-corrected chi connectivity index (χ2v) is 7.43. The van der Waals surface area contributed by atoms with E-state index >= 15 is 0 Å². The van der Waals surface area contributed by atoms with Crippen LogP contribution in [0.2, 0.25) is 0 Å². The lowest BCUT2D eigenvalue weighted by atomic mass is 10.2. The van der Waals surface area contributed by atoms with Crippen molar-refractivity contribution in [1.82, 2.24) is 4.72 Å². The molecule has 1 fully saturated rings. The van der Waals surface area contributed by atoms with Gasteiger partial charge in [0.1, 0.15) is 4.90 Å². The molecular weight excluding hydrogens is 304 g/mol. The molecule has 1 aliphatic carbocycles. The number of carboxylic acid groups (broad SMARTS) is 1. The van der Waals surface area contributed by atoms with Crippen LogP contribution in [0.25, 0.3) is 0 Å². The van der Waals surface area contributed by atoms with Crippen LogP contribution in [0.4, 0.5) is 5.69 Å². The minimum atomic E-state index is -3.76. The van der Waals surface area contributed by atoms with Gasteiger partial charge < -0.3 is 10.4 Å². The maximum absolute atomic E-state index is 12.6. The number of rotatable bonds is 8.